The molecule has 0 fully saturated rings. The molecule has 0 saturated carbocycles. The maximum atomic E-state index is 3.18. The summed E-state index contributed by atoms with van der Waals surface area (Å²) in [4.78, 5) is 0. The largest absolute Gasteiger partial charge is 0.319 e. The smallest absolute Gasteiger partial charge is 0.0491 e. The molecule has 0 radical (unpaired) electrons. The van der Waals surface area contributed by atoms with Crippen molar-refractivity contribution in [1.29, 1.82) is 0 Å². The molecule has 0 spiro atoms. The second-order valence-electron chi connectivity index (χ2n) is 3.59. The zero-order valence-corrected chi connectivity index (χ0v) is 9.20. The molecule has 2 N–H and O–H groups in total. The Bertz CT molecular complexity index is 237. The standard InChI is InChI=1S/C10H18N4/c1-13(2)11-9-5-7-10(8-6-9)12-14(3)4/h5-8,11-12H,1-4H3. The molecule has 1 aromatic rings. The number of hydrogen-bond acceptors (Lipinski definition) is 4. The quantitative estimate of drug-likeness (QED) is 0.710. The summed E-state index contributed by atoms with van der Waals surface area (Å²) in [6.07, 6.45) is 0. The van der Waals surface area contributed by atoms with Crippen LogP contribution in [0.1, 0.15) is 0 Å². The molecule has 0 bridgehead atoms. The number of nitrogens with one attached hydrogen (secondary N) is 2. The summed E-state index contributed by atoms with van der Waals surface area (Å²) in [6, 6.07) is 8.13. The van der Waals surface area contributed by atoms with Gasteiger partial charge in [-0.05, 0) is 24.3 Å². The highest BCUT2D eigenvalue weighted by molar-refractivity contribution is 5.52. The second kappa shape index (κ2) is 4.83. The van der Waals surface area contributed by atoms with Crippen molar-refractivity contribution in [2.24, 2.45) is 0 Å². The zero-order chi connectivity index (χ0) is 10.6. The monoisotopic (exact) mass is 194 g/mol. The van der Waals surface area contributed by atoms with Gasteiger partial charge in [-0.1, -0.05) is 0 Å². The molecule has 0 aliphatic rings. The van der Waals surface area contributed by atoms with E-state index in [1.807, 2.05) is 62.5 Å². The number of nitrogens with zero attached hydrogens (tertiary/aromatic N) is 2. The summed E-state index contributed by atoms with van der Waals surface area (Å²) < 4.78 is 0. The van der Waals surface area contributed by atoms with Crippen LogP contribution in [-0.4, -0.2) is 38.2 Å². The van der Waals surface area contributed by atoms with Gasteiger partial charge in [-0.15, -0.1) is 0 Å². The van der Waals surface area contributed by atoms with Crippen molar-refractivity contribution in [3.63, 3.8) is 0 Å². The Labute approximate surface area is 85.5 Å². The SMILES string of the molecule is CN(C)Nc1ccc(NN(C)C)cc1. The lowest BCUT2D eigenvalue weighted by atomic mass is 10.3. The van der Waals surface area contributed by atoms with Gasteiger partial charge in [0.1, 0.15) is 0 Å². The summed E-state index contributed by atoms with van der Waals surface area (Å²) in [5.74, 6) is 0. The third-order valence-corrected chi connectivity index (χ3v) is 1.59. The number of rotatable bonds is 4. The van der Waals surface area contributed by atoms with Crippen LogP contribution in [0.5, 0.6) is 0 Å². The Hall–Kier alpha value is -1.26. The van der Waals surface area contributed by atoms with E-state index in [4.69, 9.17) is 0 Å². The molecule has 1 aromatic carbocycles. The van der Waals surface area contributed by atoms with E-state index < -0.39 is 0 Å². The van der Waals surface area contributed by atoms with Gasteiger partial charge in [-0.25, -0.2) is 10.0 Å². The van der Waals surface area contributed by atoms with E-state index in [2.05, 4.69) is 10.9 Å². The van der Waals surface area contributed by atoms with E-state index in [-0.39, 0.29) is 0 Å². The van der Waals surface area contributed by atoms with Crippen molar-refractivity contribution in [3.8, 4) is 0 Å². The van der Waals surface area contributed by atoms with E-state index in [1.165, 1.54) is 0 Å². The van der Waals surface area contributed by atoms with Crippen molar-refractivity contribution >= 4 is 11.4 Å². The topological polar surface area (TPSA) is 30.5 Å². The van der Waals surface area contributed by atoms with Gasteiger partial charge in [0.2, 0.25) is 0 Å². The molecule has 4 heteroatoms. The lowest BCUT2D eigenvalue weighted by Crippen LogP contribution is -2.20. The van der Waals surface area contributed by atoms with Crippen molar-refractivity contribution < 1.29 is 0 Å². The summed E-state index contributed by atoms with van der Waals surface area (Å²) >= 11 is 0. The molecule has 0 heterocycles. The van der Waals surface area contributed by atoms with Gasteiger partial charge in [-0.2, -0.15) is 0 Å². The zero-order valence-electron chi connectivity index (χ0n) is 9.20. The van der Waals surface area contributed by atoms with Gasteiger partial charge in [0.25, 0.3) is 0 Å². The fraction of sp³-hybridized carbons (Fsp3) is 0.400. The highest BCUT2D eigenvalue weighted by Crippen LogP contribution is 2.13. The lowest BCUT2D eigenvalue weighted by Gasteiger charge is -2.16. The number of benzene rings is 1. The minimum Gasteiger partial charge on any atom is -0.319 e. The molecule has 1 rings (SSSR count). The third kappa shape index (κ3) is 3.64. The number of anilines is 2. The van der Waals surface area contributed by atoms with Gasteiger partial charge in [0, 0.05) is 39.6 Å². The molecular formula is C10H18N4. The normalized spacial score (nSPS) is 10.7. The highest BCUT2D eigenvalue weighted by atomic mass is 15.5. The van der Waals surface area contributed by atoms with Crippen molar-refractivity contribution in [2.45, 2.75) is 0 Å². The molecule has 0 unspecified atom stereocenters. The van der Waals surface area contributed by atoms with Crippen LogP contribution in [0, 0.1) is 0 Å². The lowest BCUT2D eigenvalue weighted by molar-refractivity contribution is 0.493. The summed E-state index contributed by atoms with van der Waals surface area (Å²) in [7, 11) is 7.86. The number of hydrogen-bond donors (Lipinski definition) is 2. The molecule has 0 atom stereocenters. The fourth-order valence-corrected chi connectivity index (χ4v) is 1.14. The van der Waals surface area contributed by atoms with Crippen molar-refractivity contribution in [2.75, 3.05) is 39.0 Å². The third-order valence-electron chi connectivity index (χ3n) is 1.59. The van der Waals surface area contributed by atoms with Crippen LogP contribution in [0.15, 0.2) is 24.3 Å². The highest BCUT2D eigenvalue weighted by Gasteiger charge is 1.94. The van der Waals surface area contributed by atoms with E-state index in [0.717, 1.165) is 11.4 Å². The molecule has 4 nitrogen and oxygen atoms in total. The predicted octanol–water partition coefficient (Wildman–Crippen LogP) is 1.46. The van der Waals surface area contributed by atoms with Crippen LogP contribution in [0.25, 0.3) is 0 Å². The Morgan fingerprint density at radius 3 is 1.21 bits per heavy atom. The van der Waals surface area contributed by atoms with Crippen molar-refractivity contribution in [3.05, 3.63) is 24.3 Å². The van der Waals surface area contributed by atoms with Crippen LogP contribution in [0.3, 0.4) is 0 Å². The summed E-state index contributed by atoms with van der Waals surface area (Å²) in [5, 5.41) is 3.82. The van der Waals surface area contributed by atoms with Crippen LogP contribution >= 0.6 is 0 Å². The first-order valence-corrected chi connectivity index (χ1v) is 4.56. The minimum atomic E-state index is 1.08. The average Bonchev–Trinajstić information content (AvgIpc) is 2.06. The molecule has 0 amide bonds. The molecule has 0 saturated heterocycles. The summed E-state index contributed by atoms with van der Waals surface area (Å²) in [6.45, 7) is 0. The van der Waals surface area contributed by atoms with Gasteiger partial charge in [0.05, 0.1) is 0 Å². The molecule has 14 heavy (non-hydrogen) atoms. The van der Waals surface area contributed by atoms with Crippen LogP contribution in [-0.2, 0) is 0 Å². The van der Waals surface area contributed by atoms with Crippen molar-refractivity contribution in [1.82, 2.24) is 10.0 Å². The minimum absolute atomic E-state index is 1.08. The summed E-state index contributed by atoms with van der Waals surface area (Å²) in [5.41, 5.74) is 8.52. The Morgan fingerprint density at radius 1 is 0.714 bits per heavy atom. The second-order valence-corrected chi connectivity index (χ2v) is 3.59. The van der Waals surface area contributed by atoms with Gasteiger partial charge >= 0.3 is 0 Å². The van der Waals surface area contributed by atoms with Gasteiger partial charge in [-0.3, -0.25) is 0 Å². The Morgan fingerprint density at radius 2 is 1.00 bits per heavy atom. The Kier molecular flexibility index (Phi) is 3.73. The van der Waals surface area contributed by atoms with Gasteiger partial charge in [0.15, 0.2) is 0 Å². The molecule has 0 aliphatic carbocycles. The van der Waals surface area contributed by atoms with E-state index in [9.17, 15) is 0 Å². The first-order chi connectivity index (χ1) is 6.58. The number of hydrazine groups is 2. The van der Waals surface area contributed by atoms with Crippen LogP contribution in [0.2, 0.25) is 0 Å². The first kappa shape index (κ1) is 10.8. The Balaban J connectivity index is 2.59. The average molecular weight is 194 g/mol. The van der Waals surface area contributed by atoms with Crippen LogP contribution in [0.4, 0.5) is 11.4 Å². The van der Waals surface area contributed by atoms with E-state index in [0.29, 0.717) is 0 Å². The van der Waals surface area contributed by atoms with Crippen LogP contribution < -0.4 is 10.9 Å². The fourth-order valence-electron chi connectivity index (χ4n) is 1.14. The first-order valence-electron chi connectivity index (χ1n) is 4.56. The maximum absolute atomic E-state index is 3.18. The molecule has 78 valence electrons. The van der Waals surface area contributed by atoms with E-state index in [1.54, 1.807) is 0 Å². The molecule has 0 aromatic heterocycles. The van der Waals surface area contributed by atoms with Gasteiger partial charge < -0.3 is 10.9 Å². The maximum Gasteiger partial charge on any atom is 0.0491 e. The molecule has 0 aliphatic heterocycles. The van der Waals surface area contributed by atoms with E-state index >= 15 is 0 Å². The molecular weight excluding hydrogens is 176 g/mol. The predicted molar refractivity (Wildman–Crippen MR) is 61.1 cm³/mol.